The second-order valence-corrected chi connectivity index (χ2v) is 5.10. The minimum absolute atomic E-state index is 0.788. The molecule has 0 aliphatic heterocycles. The number of benzene rings is 2. The molecule has 0 bridgehead atoms. The van der Waals surface area contributed by atoms with Crippen molar-refractivity contribution in [2.45, 2.75) is 20.4 Å². The quantitative estimate of drug-likeness (QED) is 0.718. The SMILES string of the molecule is CCNc1ccc2c(c1)c1cc(Cl)ccc1n2CC. The lowest BCUT2D eigenvalue weighted by atomic mass is 10.1. The van der Waals surface area contributed by atoms with Crippen molar-refractivity contribution in [3.8, 4) is 0 Å². The van der Waals surface area contributed by atoms with Gasteiger partial charge in [-0.05, 0) is 50.2 Å². The third-order valence-electron chi connectivity index (χ3n) is 3.52. The minimum Gasteiger partial charge on any atom is -0.385 e. The van der Waals surface area contributed by atoms with Crippen LogP contribution in [0.1, 0.15) is 13.8 Å². The number of halogens is 1. The predicted octanol–water partition coefficient (Wildman–Crippen LogP) is 4.90. The van der Waals surface area contributed by atoms with Crippen LogP contribution in [-0.2, 0) is 6.54 Å². The molecular formula is C16H17ClN2. The van der Waals surface area contributed by atoms with Gasteiger partial charge in [0.2, 0.25) is 0 Å². The lowest BCUT2D eigenvalue weighted by molar-refractivity contribution is 0.827. The van der Waals surface area contributed by atoms with Gasteiger partial charge in [-0.2, -0.15) is 0 Å². The van der Waals surface area contributed by atoms with Gasteiger partial charge in [-0.1, -0.05) is 11.6 Å². The molecular weight excluding hydrogens is 256 g/mol. The van der Waals surface area contributed by atoms with Gasteiger partial charge < -0.3 is 9.88 Å². The van der Waals surface area contributed by atoms with E-state index in [9.17, 15) is 0 Å². The first-order valence-electron chi connectivity index (χ1n) is 6.70. The summed E-state index contributed by atoms with van der Waals surface area (Å²) < 4.78 is 2.33. The molecule has 0 fully saturated rings. The molecule has 98 valence electrons. The zero-order chi connectivity index (χ0) is 13.4. The summed E-state index contributed by atoms with van der Waals surface area (Å²) in [5, 5.41) is 6.64. The van der Waals surface area contributed by atoms with Crippen LogP contribution in [0.5, 0.6) is 0 Å². The first-order chi connectivity index (χ1) is 9.24. The summed E-state index contributed by atoms with van der Waals surface area (Å²) >= 11 is 6.15. The second kappa shape index (κ2) is 4.78. The number of fused-ring (bicyclic) bond motifs is 3. The highest BCUT2D eigenvalue weighted by Crippen LogP contribution is 2.32. The Morgan fingerprint density at radius 1 is 1.00 bits per heavy atom. The second-order valence-electron chi connectivity index (χ2n) is 4.67. The van der Waals surface area contributed by atoms with Crippen molar-refractivity contribution in [2.24, 2.45) is 0 Å². The maximum absolute atomic E-state index is 6.15. The van der Waals surface area contributed by atoms with Gasteiger partial charge in [0.05, 0.1) is 0 Å². The lowest BCUT2D eigenvalue weighted by Crippen LogP contribution is -1.96. The van der Waals surface area contributed by atoms with Crippen LogP contribution in [-0.4, -0.2) is 11.1 Å². The summed E-state index contributed by atoms with van der Waals surface area (Å²) in [4.78, 5) is 0. The fraction of sp³-hybridized carbons (Fsp3) is 0.250. The van der Waals surface area contributed by atoms with Gasteiger partial charge in [-0.25, -0.2) is 0 Å². The van der Waals surface area contributed by atoms with Gasteiger partial charge in [0.1, 0.15) is 0 Å². The summed E-state index contributed by atoms with van der Waals surface area (Å²) in [6.45, 7) is 6.17. The van der Waals surface area contributed by atoms with Crippen LogP contribution in [0.15, 0.2) is 36.4 Å². The molecule has 0 amide bonds. The Balaban J connectivity index is 2.38. The van der Waals surface area contributed by atoms with Crippen molar-refractivity contribution in [2.75, 3.05) is 11.9 Å². The third-order valence-corrected chi connectivity index (χ3v) is 3.76. The van der Waals surface area contributed by atoms with Crippen molar-refractivity contribution in [1.29, 1.82) is 0 Å². The Hall–Kier alpha value is -1.67. The van der Waals surface area contributed by atoms with Crippen LogP contribution in [0.25, 0.3) is 21.8 Å². The Labute approximate surface area is 118 Å². The average Bonchev–Trinajstić information content (AvgIpc) is 2.72. The van der Waals surface area contributed by atoms with Gasteiger partial charge in [-0.3, -0.25) is 0 Å². The highest BCUT2D eigenvalue weighted by molar-refractivity contribution is 6.31. The smallest absolute Gasteiger partial charge is 0.0492 e. The van der Waals surface area contributed by atoms with E-state index in [0.29, 0.717) is 0 Å². The molecule has 0 aliphatic carbocycles. The molecule has 0 radical (unpaired) electrons. The maximum Gasteiger partial charge on any atom is 0.0492 e. The highest BCUT2D eigenvalue weighted by Gasteiger charge is 2.10. The van der Waals surface area contributed by atoms with Gasteiger partial charge in [0.25, 0.3) is 0 Å². The molecule has 2 nitrogen and oxygen atoms in total. The van der Waals surface area contributed by atoms with Gasteiger partial charge in [0.15, 0.2) is 0 Å². The van der Waals surface area contributed by atoms with Crippen molar-refractivity contribution < 1.29 is 0 Å². The number of anilines is 1. The molecule has 2 aromatic carbocycles. The molecule has 0 saturated heterocycles. The first-order valence-corrected chi connectivity index (χ1v) is 7.07. The van der Waals surface area contributed by atoms with Crippen LogP contribution in [0.3, 0.4) is 0 Å². The zero-order valence-corrected chi connectivity index (χ0v) is 12.0. The van der Waals surface area contributed by atoms with E-state index in [1.807, 2.05) is 6.07 Å². The molecule has 0 spiro atoms. The minimum atomic E-state index is 0.788. The van der Waals surface area contributed by atoms with Crippen molar-refractivity contribution in [3.05, 3.63) is 41.4 Å². The van der Waals surface area contributed by atoms with Crippen molar-refractivity contribution >= 4 is 39.1 Å². The first kappa shape index (κ1) is 12.4. The predicted molar refractivity (Wildman–Crippen MR) is 84.3 cm³/mol. The Morgan fingerprint density at radius 3 is 2.37 bits per heavy atom. The summed E-state index contributed by atoms with van der Waals surface area (Å²) in [6, 6.07) is 12.7. The molecule has 3 rings (SSSR count). The zero-order valence-electron chi connectivity index (χ0n) is 11.2. The number of aromatic nitrogens is 1. The van der Waals surface area contributed by atoms with E-state index < -0.39 is 0 Å². The van der Waals surface area contributed by atoms with E-state index in [2.05, 4.69) is 54.1 Å². The van der Waals surface area contributed by atoms with Crippen LogP contribution < -0.4 is 5.32 Å². The van der Waals surface area contributed by atoms with Crippen molar-refractivity contribution in [1.82, 2.24) is 4.57 Å². The molecule has 3 heteroatoms. The standard InChI is InChI=1S/C16H17ClN2/c1-3-18-12-6-8-16-14(10-12)13-9-11(17)5-7-15(13)19(16)4-2/h5-10,18H,3-4H2,1-2H3. The van der Waals surface area contributed by atoms with Gasteiger partial charge in [0, 0.05) is 45.6 Å². The monoisotopic (exact) mass is 272 g/mol. The topological polar surface area (TPSA) is 17.0 Å². The highest BCUT2D eigenvalue weighted by atomic mass is 35.5. The average molecular weight is 273 g/mol. The van der Waals surface area contributed by atoms with Crippen LogP contribution >= 0.6 is 11.6 Å². The number of nitrogens with zero attached hydrogens (tertiary/aromatic N) is 1. The number of hydrogen-bond acceptors (Lipinski definition) is 1. The fourth-order valence-corrected chi connectivity index (χ4v) is 2.90. The third kappa shape index (κ3) is 1.96. The normalized spacial score (nSPS) is 11.3. The van der Waals surface area contributed by atoms with E-state index in [0.717, 1.165) is 23.8 Å². The molecule has 19 heavy (non-hydrogen) atoms. The largest absolute Gasteiger partial charge is 0.385 e. The van der Waals surface area contributed by atoms with E-state index in [1.165, 1.54) is 21.8 Å². The molecule has 1 N–H and O–H groups in total. The molecule has 0 saturated carbocycles. The number of nitrogens with one attached hydrogen (secondary N) is 1. The summed E-state index contributed by atoms with van der Waals surface area (Å²) in [6.07, 6.45) is 0. The number of rotatable bonds is 3. The van der Waals surface area contributed by atoms with Crippen LogP contribution in [0, 0.1) is 0 Å². The molecule has 1 aromatic heterocycles. The van der Waals surface area contributed by atoms with Gasteiger partial charge >= 0.3 is 0 Å². The fourth-order valence-electron chi connectivity index (χ4n) is 2.73. The molecule has 3 aromatic rings. The summed E-state index contributed by atoms with van der Waals surface area (Å²) in [5.74, 6) is 0. The molecule has 0 atom stereocenters. The van der Waals surface area contributed by atoms with E-state index in [4.69, 9.17) is 11.6 Å². The lowest BCUT2D eigenvalue weighted by Gasteiger charge is -2.05. The van der Waals surface area contributed by atoms with E-state index in [1.54, 1.807) is 0 Å². The van der Waals surface area contributed by atoms with Crippen molar-refractivity contribution in [3.63, 3.8) is 0 Å². The number of aryl methyl sites for hydroxylation is 1. The molecule has 0 unspecified atom stereocenters. The van der Waals surface area contributed by atoms with E-state index in [-0.39, 0.29) is 0 Å². The van der Waals surface area contributed by atoms with E-state index >= 15 is 0 Å². The molecule has 1 heterocycles. The Kier molecular flexibility index (Phi) is 3.11. The maximum atomic E-state index is 6.15. The van der Waals surface area contributed by atoms with Gasteiger partial charge in [-0.15, -0.1) is 0 Å². The Morgan fingerprint density at radius 2 is 1.68 bits per heavy atom. The van der Waals surface area contributed by atoms with Crippen LogP contribution in [0.2, 0.25) is 5.02 Å². The Bertz CT molecular complexity index is 743. The number of hydrogen-bond donors (Lipinski definition) is 1. The molecule has 0 aliphatic rings. The summed E-state index contributed by atoms with van der Waals surface area (Å²) in [7, 11) is 0. The van der Waals surface area contributed by atoms with Crippen LogP contribution in [0.4, 0.5) is 5.69 Å². The summed E-state index contributed by atoms with van der Waals surface area (Å²) in [5.41, 5.74) is 3.67.